The van der Waals surface area contributed by atoms with Gasteiger partial charge in [-0.3, -0.25) is 9.80 Å². The van der Waals surface area contributed by atoms with Gasteiger partial charge in [0, 0.05) is 109 Å². The fourth-order valence-electron chi connectivity index (χ4n) is 7.25. The van der Waals surface area contributed by atoms with Crippen LogP contribution in [0.2, 0.25) is 10.0 Å². The number of methoxy groups -OCH3 is 2. The minimum absolute atomic E-state index is 0.491. The SMILES string of the molecule is COc1ccc(C(C)CN2CCN(c3nc(-c4ccc(Cl)cc4)ns3)CC2)cc1.COc1ccc(CC(C)N2CCN(c3nc(-c4ccc(Cl)cc4)ns3)CC2)cc1. The van der Waals surface area contributed by atoms with Gasteiger partial charge in [-0.1, -0.05) is 54.4 Å². The molecule has 2 aliphatic rings. The van der Waals surface area contributed by atoms with Gasteiger partial charge in [-0.25, -0.2) is 0 Å². The molecule has 2 unspecified atom stereocenters. The topological polar surface area (TPSA) is 83.0 Å². The van der Waals surface area contributed by atoms with Crippen molar-refractivity contribution in [2.45, 2.75) is 32.2 Å². The van der Waals surface area contributed by atoms with E-state index in [0.29, 0.717) is 12.0 Å². The van der Waals surface area contributed by atoms with E-state index in [1.165, 1.54) is 34.2 Å². The summed E-state index contributed by atoms with van der Waals surface area (Å²) in [6, 6.07) is 32.7. The summed E-state index contributed by atoms with van der Waals surface area (Å²) in [5, 5.41) is 3.45. The summed E-state index contributed by atoms with van der Waals surface area (Å²) in [5.41, 5.74) is 4.70. The molecule has 0 radical (unpaired) electrons. The summed E-state index contributed by atoms with van der Waals surface area (Å²) in [7, 11) is 3.40. The van der Waals surface area contributed by atoms with Gasteiger partial charge < -0.3 is 19.3 Å². The Kier molecular flexibility index (Phi) is 14.5. The second-order valence-corrected chi connectivity index (χ2v) is 17.0. The highest BCUT2D eigenvalue weighted by molar-refractivity contribution is 7.10. The van der Waals surface area contributed by atoms with E-state index < -0.39 is 0 Å². The Balaban J connectivity index is 0.000000177. The van der Waals surface area contributed by atoms with Crippen LogP contribution in [0.5, 0.6) is 11.5 Å². The molecular formula is C44H50Cl2N8O2S2. The molecule has 2 atom stereocenters. The Morgan fingerprint density at radius 2 is 1.03 bits per heavy atom. The average Bonchev–Trinajstić information content (AvgIpc) is 3.97. The van der Waals surface area contributed by atoms with Crippen LogP contribution < -0.4 is 19.3 Å². The summed E-state index contributed by atoms with van der Waals surface area (Å²) in [4.78, 5) is 19.3. The van der Waals surface area contributed by atoms with Gasteiger partial charge in [0.25, 0.3) is 0 Å². The number of aromatic nitrogens is 4. The van der Waals surface area contributed by atoms with Crippen LogP contribution >= 0.6 is 46.3 Å². The van der Waals surface area contributed by atoms with Gasteiger partial charge in [0.15, 0.2) is 11.6 Å². The average molecular weight is 858 g/mol. The minimum atomic E-state index is 0.491. The monoisotopic (exact) mass is 856 g/mol. The third kappa shape index (κ3) is 11.0. The molecule has 2 aromatic heterocycles. The number of hydrogen-bond acceptors (Lipinski definition) is 12. The normalized spacial score (nSPS) is 16.0. The maximum Gasteiger partial charge on any atom is 0.205 e. The van der Waals surface area contributed by atoms with Crippen molar-refractivity contribution in [3.05, 3.63) is 118 Å². The second-order valence-electron chi connectivity index (χ2n) is 14.7. The van der Waals surface area contributed by atoms with Crippen molar-refractivity contribution in [3.8, 4) is 34.3 Å². The van der Waals surface area contributed by atoms with Crippen molar-refractivity contribution in [3.63, 3.8) is 0 Å². The van der Waals surface area contributed by atoms with Crippen molar-refractivity contribution in [2.24, 2.45) is 0 Å². The number of benzene rings is 4. The van der Waals surface area contributed by atoms with Crippen molar-refractivity contribution in [2.75, 3.05) is 82.9 Å². The molecule has 0 saturated carbocycles. The molecule has 0 spiro atoms. The lowest BCUT2D eigenvalue weighted by Crippen LogP contribution is -2.50. The third-order valence-electron chi connectivity index (χ3n) is 10.8. The fourth-order valence-corrected chi connectivity index (χ4v) is 8.98. The number of ether oxygens (including phenoxy) is 2. The molecule has 4 aromatic carbocycles. The second kappa shape index (κ2) is 20.1. The Hall–Kier alpha value is -4.30. The molecule has 6 aromatic rings. The molecule has 2 aliphatic heterocycles. The van der Waals surface area contributed by atoms with Crippen LogP contribution in [0.1, 0.15) is 30.9 Å². The Bertz CT molecular complexity index is 2150. The molecular weight excluding hydrogens is 808 g/mol. The molecule has 2 saturated heterocycles. The Morgan fingerprint density at radius 3 is 1.50 bits per heavy atom. The maximum atomic E-state index is 5.97. The zero-order valence-electron chi connectivity index (χ0n) is 33.4. The first kappa shape index (κ1) is 41.8. The first-order chi connectivity index (χ1) is 28.2. The maximum absolute atomic E-state index is 5.97. The zero-order valence-corrected chi connectivity index (χ0v) is 36.6. The fraction of sp³-hybridized carbons (Fsp3) is 0.364. The van der Waals surface area contributed by atoms with E-state index in [2.05, 4.69) is 66.5 Å². The van der Waals surface area contributed by atoms with Gasteiger partial charge >= 0.3 is 0 Å². The van der Waals surface area contributed by atoms with Gasteiger partial charge in [0.1, 0.15) is 11.5 Å². The lowest BCUT2D eigenvalue weighted by Gasteiger charge is -2.37. The summed E-state index contributed by atoms with van der Waals surface area (Å²) >= 11 is 14.9. The van der Waals surface area contributed by atoms with Crippen molar-refractivity contribution in [1.82, 2.24) is 28.5 Å². The highest BCUT2D eigenvalue weighted by atomic mass is 35.5. The van der Waals surface area contributed by atoms with Gasteiger partial charge in [0.2, 0.25) is 10.3 Å². The Morgan fingerprint density at radius 1 is 0.586 bits per heavy atom. The highest BCUT2D eigenvalue weighted by Gasteiger charge is 2.24. The zero-order chi connectivity index (χ0) is 40.4. The van der Waals surface area contributed by atoms with Crippen LogP contribution in [0, 0.1) is 0 Å². The van der Waals surface area contributed by atoms with E-state index in [0.717, 1.165) is 120 Å². The van der Waals surface area contributed by atoms with Crippen molar-refractivity contribution >= 4 is 56.5 Å². The molecule has 8 rings (SSSR count). The van der Waals surface area contributed by atoms with E-state index in [-0.39, 0.29) is 0 Å². The van der Waals surface area contributed by atoms with Gasteiger partial charge in [-0.2, -0.15) is 18.7 Å². The molecule has 0 aliphatic carbocycles. The number of hydrogen-bond donors (Lipinski definition) is 0. The van der Waals surface area contributed by atoms with Gasteiger partial charge in [-0.05, 0) is 103 Å². The van der Waals surface area contributed by atoms with Crippen LogP contribution in [0.4, 0.5) is 10.3 Å². The van der Waals surface area contributed by atoms with E-state index in [4.69, 9.17) is 42.6 Å². The smallest absolute Gasteiger partial charge is 0.205 e. The number of nitrogens with zero attached hydrogens (tertiary/aromatic N) is 8. The van der Waals surface area contributed by atoms with Crippen LogP contribution in [0.3, 0.4) is 0 Å². The molecule has 0 bridgehead atoms. The number of rotatable bonds is 12. The molecule has 58 heavy (non-hydrogen) atoms. The largest absolute Gasteiger partial charge is 0.497 e. The third-order valence-corrected chi connectivity index (χ3v) is 12.9. The van der Waals surface area contributed by atoms with Crippen molar-refractivity contribution < 1.29 is 9.47 Å². The molecule has 14 heteroatoms. The summed E-state index contributed by atoms with van der Waals surface area (Å²) in [6.07, 6.45) is 1.05. The molecule has 10 nitrogen and oxygen atoms in total. The molecule has 304 valence electrons. The number of piperazine rings is 2. The predicted molar refractivity (Wildman–Crippen MR) is 241 cm³/mol. The lowest BCUT2D eigenvalue weighted by molar-refractivity contribution is 0.196. The van der Waals surface area contributed by atoms with Crippen LogP contribution in [0.25, 0.3) is 22.8 Å². The van der Waals surface area contributed by atoms with E-state index in [1.54, 1.807) is 14.2 Å². The molecule has 0 N–H and O–H groups in total. The van der Waals surface area contributed by atoms with Crippen molar-refractivity contribution in [1.29, 1.82) is 0 Å². The molecule has 4 heterocycles. The van der Waals surface area contributed by atoms with E-state index >= 15 is 0 Å². The lowest BCUT2D eigenvalue weighted by atomic mass is 10.0. The molecule has 2 fully saturated rings. The summed E-state index contributed by atoms with van der Waals surface area (Å²) < 4.78 is 19.6. The van der Waals surface area contributed by atoms with E-state index in [9.17, 15) is 0 Å². The Labute approximate surface area is 360 Å². The first-order valence-electron chi connectivity index (χ1n) is 19.7. The quantitative estimate of drug-likeness (QED) is 0.119. The summed E-state index contributed by atoms with van der Waals surface area (Å²) in [5.74, 6) is 3.86. The van der Waals surface area contributed by atoms with Crippen LogP contribution in [-0.4, -0.2) is 108 Å². The van der Waals surface area contributed by atoms with Gasteiger partial charge in [-0.15, -0.1) is 0 Å². The number of halogens is 2. The van der Waals surface area contributed by atoms with Crippen LogP contribution in [0.15, 0.2) is 97.1 Å². The molecule has 0 amide bonds. The standard InChI is InChI=1S/2C22H25ClN4OS/c1-16(15-17-3-9-20(28-2)10-4-17)26-11-13-27(14-12-26)22-24-21(25-29-22)18-5-7-19(23)8-6-18;1-16(17-5-9-20(28-2)10-6-17)15-26-11-13-27(14-12-26)22-24-21(25-29-22)18-3-7-19(23)8-4-18/h2*3-10,16H,11-15H2,1-2H3. The summed E-state index contributed by atoms with van der Waals surface area (Å²) in [6.45, 7) is 13.7. The number of anilines is 2. The minimum Gasteiger partial charge on any atom is -0.497 e. The predicted octanol–water partition coefficient (Wildman–Crippen LogP) is 9.41. The van der Waals surface area contributed by atoms with Crippen LogP contribution in [-0.2, 0) is 6.42 Å². The highest BCUT2D eigenvalue weighted by Crippen LogP contribution is 2.28. The van der Waals surface area contributed by atoms with Gasteiger partial charge in [0.05, 0.1) is 14.2 Å². The van der Waals surface area contributed by atoms with E-state index in [1.807, 2.05) is 72.8 Å². The first-order valence-corrected chi connectivity index (χ1v) is 22.0.